The zero-order valence-electron chi connectivity index (χ0n) is 10.5. The van der Waals surface area contributed by atoms with Gasteiger partial charge in [0, 0.05) is 11.0 Å². The van der Waals surface area contributed by atoms with E-state index in [0.29, 0.717) is 5.92 Å². The molecule has 1 aliphatic rings. The summed E-state index contributed by atoms with van der Waals surface area (Å²) in [6.45, 7) is 3.91. The lowest BCUT2D eigenvalue weighted by Crippen LogP contribution is -2.40. The number of likely N-dealkylation sites (tertiary alicyclic amines) is 1. The van der Waals surface area contributed by atoms with Crippen LogP contribution in [0.25, 0.3) is 0 Å². The molecule has 2 atom stereocenters. The summed E-state index contributed by atoms with van der Waals surface area (Å²) in [7, 11) is 0. The first kappa shape index (κ1) is 13.6. The van der Waals surface area contributed by atoms with Crippen molar-refractivity contribution in [1.82, 2.24) is 4.90 Å². The maximum absolute atomic E-state index is 11.6. The fourth-order valence-corrected chi connectivity index (χ4v) is 3.14. The van der Waals surface area contributed by atoms with Crippen LogP contribution in [0.15, 0.2) is 28.7 Å². The number of carbonyl (C=O) groups is 1. The summed E-state index contributed by atoms with van der Waals surface area (Å²) in [5, 5.41) is 9.53. The molecule has 1 saturated heterocycles. The number of carboxylic acid groups (broad SMARTS) is 1. The van der Waals surface area contributed by atoms with Gasteiger partial charge in [0.1, 0.15) is 6.04 Å². The van der Waals surface area contributed by atoms with Crippen molar-refractivity contribution in [2.45, 2.75) is 25.8 Å². The number of hydrogen-bond acceptors (Lipinski definition) is 2. The highest BCUT2D eigenvalue weighted by molar-refractivity contribution is 9.10. The number of halogens is 1. The van der Waals surface area contributed by atoms with Crippen LogP contribution in [0.5, 0.6) is 0 Å². The average Bonchev–Trinajstić information content (AvgIpc) is 2.32. The van der Waals surface area contributed by atoms with Crippen molar-refractivity contribution in [2.75, 3.05) is 13.1 Å². The van der Waals surface area contributed by atoms with Crippen LogP contribution in [0, 0.1) is 5.92 Å². The van der Waals surface area contributed by atoms with Crippen LogP contribution in [0.2, 0.25) is 0 Å². The standard InChI is InChI=1S/C14H18BrNO2/c1-10-5-4-8-16(9-10)13(14(17)18)11-6-2-3-7-12(11)15/h2-3,6-7,10,13H,4-5,8-9H2,1H3,(H,17,18). The number of nitrogens with zero attached hydrogens (tertiary/aromatic N) is 1. The van der Waals surface area contributed by atoms with Crippen LogP contribution < -0.4 is 0 Å². The van der Waals surface area contributed by atoms with Gasteiger partial charge in [0.25, 0.3) is 0 Å². The molecule has 98 valence electrons. The quantitative estimate of drug-likeness (QED) is 0.931. The molecule has 1 aromatic rings. The number of aliphatic carboxylic acids is 1. The molecule has 0 aromatic heterocycles. The van der Waals surface area contributed by atoms with Crippen LogP contribution in [0.4, 0.5) is 0 Å². The summed E-state index contributed by atoms with van der Waals surface area (Å²) >= 11 is 3.46. The Morgan fingerprint density at radius 3 is 2.83 bits per heavy atom. The molecule has 1 heterocycles. The predicted molar refractivity (Wildman–Crippen MR) is 74.5 cm³/mol. The van der Waals surface area contributed by atoms with Crippen molar-refractivity contribution in [3.8, 4) is 0 Å². The van der Waals surface area contributed by atoms with Gasteiger partial charge in [-0.15, -0.1) is 0 Å². The van der Waals surface area contributed by atoms with Gasteiger partial charge in [-0.05, 0) is 36.9 Å². The van der Waals surface area contributed by atoms with Gasteiger partial charge >= 0.3 is 5.97 Å². The van der Waals surface area contributed by atoms with Crippen molar-refractivity contribution in [1.29, 1.82) is 0 Å². The highest BCUT2D eigenvalue weighted by Gasteiger charge is 2.31. The molecule has 1 aromatic carbocycles. The fraction of sp³-hybridized carbons (Fsp3) is 0.500. The molecule has 4 heteroatoms. The first-order valence-corrected chi connectivity index (χ1v) is 7.10. The first-order valence-electron chi connectivity index (χ1n) is 6.31. The molecule has 0 saturated carbocycles. The van der Waals surface area contributed by atoms with Crippen LogP contribution >= 0.6 is 15.9 Å². The normalized spacial score (nSPS) is 22.7. The number of benzene rings is 1. The highest BCUT2D eigenvalue weighted by Crippen LogP contribution is 2.31. The number of carboxylic acids is 1. The summed E-state index contributed by atoms with van der Waals surface area (Å²) in [5.74, 6) is -0.195. The summed E-state index contributed by atoms with van der Waals surface area (Å²) in [4.78, 5) is 13.7. The molecule has 1 N–H and O–H groups in total. The van der Waals surface area contributed by atoms with Gasteiger partial charge in [0.15, 0.2) is 0 Å². The molecule has 1 fully saturated rings. The van der Waals surface area contributed by atoms with Crippen LogP contribution in [0.1, 0.15) is 31.4 Å². The fourth-order valence-electron chi connectivity index (χ4n) is 2.64. The zero-order chi connectivity index (χ0) is 13.1. The lowest BCUT2D eigenvalue weighted by Gasteiger charge is -2.35. The minimum absolute atomic E-state index is 0.539. The largest absolute Gasteiger partial charge is 0.480 e. The van der Waals surface area contributed by atoms with Crippen molar-refractivity contribution in [2.24, 2.45) is 5.92 Å². The van der Waals surface area contributed by atoms with E-state index >= 15 is 0 Å². The molecule has 2 rings (SSSR count). The predicted octanol–water partition coefficient (Wildman–Crippen LogP) is 3.31. The van der Waals surface area contributed by atoms with Gasteiger partial charge in [-0.3, -0.25) is 9.69 Å². The topological polar surface area (TPSA) is 40.5 Å². The molecule has 18 heavy (non-hydrogen) atoms. The number of rotatable bonds is 3. The third-order valence-electron chi connectivity index (χ3n) is 3.49. The van der Waals surface area contributed by atoms with Gasteiger partial charge in [-0.25, -0.2) is 0 Å². The van der Waals surface area contributed by atoms with Gasteiger partial charge < -0.3 is 5.11 Å². The molecule has 0 aliphatic carbocycles. The zero-order valence-corrected chi connectivity index (χ0v) is 12.1. The Morgan fingerprint density at radius 2 is 2.22 bits per heavy atom. The molecule has 2 unspecified atom stereocenters. The molecular weight excluding hydrogens is 294 g/mol. The van der Waals surface area contributed by atoms with E-state index < -0.39 is 12.0 Å². The van der Waals surface area contributed by atoms with Crippen molar-refractivity contribution in [3.05, 3.63) is 34.3 Å². The van der Waals surface area contributed by atoms with Gasteiger partial charge in [0.2, 0.25) is 0 Å². The minimum Gasteiger partial charge on any atom is -0.480 e. The van der Waals surface area contributed by atoms with E-state index in [1.165, 1.54) is 6.42 Å². The Labute approximate surface area is 116 Å². The molecule has 3 nitrogen and oxygen atoms in total. The lowest BCUT2D eigenvalue weighted by atomic mass is 9.96. The van der Waals surface area contributed by atoms with E-state index in [0.717, 1.165) is 29.5 Å². The van der Waals surface area contributed by atoms with E-state index in [2.05, 4.69) is 27.8 Å². The molecule has 0 radical (unpaired) electrons. The molecule has 0 bridgehead atoms. The van der Waals surface area contributed by atoms with Gasteiger partial charge in [-0.2, -0.15) is 0 Å². The monoisotopic (exact) mass is 311 g/mol. The third kappa shape index (κ3) is 2.93. The van der Waals surface area contributed by atoms with Crippen LogP contribution in [0.3, 0.4) is 0 Å². The summed E-state index contributed by atoms with van der Waals surface area (Å²) in [5.41, 5.74) is 0.846. The Balaban J connectivity index is 2.28. The molecule has 0 spiro atoms. The smallest absolute Gasteiger partial charge is 0.325 e. The Hall–Kier alpha value is -0.870. The second-order valence-corrected chi connectivity index (χ2v) is 5.86. The number of piperidine rings is 1. The lowest BCUT2D eigenvalue weighted by molar-refractivity contribution is -0.144. The van der Waals surface area contributed by atoms with Gasteiger partial charge in [0.05, 0.1) is 0 Å². The SMILES string of the molecule is CC1CCCN(C(C(=O)O)c2ccccc2Br)C1. The van der Waals surface area contributed by atoms with E-state index in [1.54, 1.807) is 0 Å². The van der Waals surface area contributed by atoms with Crippen molar-refractivity contribution < 1.29 is 9.90 Å². The minimum atomic E-state index is -0.768. The summed E-state index contributed by atoms with van der Waals surface area (Å²) in [6.07, 6.45) is 2.27. The van der Waals surface area contributed by atoms with Gasteiger partial charge in [-0.1, -0.05) is 41.1 Å². The highest BCUT2D eigenvalue weighted by atomic mass is 79.9. The van der Waals surface area contributed by atoms with Crippen molar-refractivity contribution in [3.63, 3.8) is 0 Å². The Kier molecular flexibility index (Phi) is 4.40. The molecule has 0 amide bonds. The van der Waals surface area contributed by atoms with E-state index in [4.69, 9.17) is 0 Å². The maximum Gasteiger partial charge on any atom is 0.325 e. The first-order chi connectivity index (χ1) is 8.59. The van der Waals surface area contributed by atoms with Crippen LogP contribution in [-0.4, -0.2) is 29.1 Å². The number of hydrogen-bond donors (Lipinski definition) is 1. The Morgan fingerprint density at radius 1 is 1.50 bits per heavy atom. The maximum atomic E-state index is 11.6. The second kappa shape index (κ2) is 5.85. The van der Waals surface area contributed by atoms with Crippen LogP contribution in [-0.2, 0) is 4.79 Å². The second-order valence-electron chi connectivity index (χ2n) is 5.00. The Bertz CT molecular complexity index is 436. The molecule has 1 aliphatic heterocycles. The van der Waals surface area contributed by atoms with E-state index in [9.17, 15) is 9.90 Å². The van der Waals surface area contributed by atoms with E-state index in [1.807, 2.05) is 24.3 Å². The summed E-state index contributed by atoms with van der Waals surface area (Å²) < 4.78 is 0.871. The van der Waals surface area contributed by atoms with E-state index in [-0.39, 0.29) is 0 Å². The third-order valence-corrected chi connectivity index (χ3v) is 4.21. The summed E-state index contributed by atoms with van der Waals surface area (Å²) in [6, 6.07) is 7.05. The van der Waals surface area contributed by atoms with Crippen molar-refractivity contribution >= 4 is 21.9 Å². The molecular formula is C14H18BrNO2. The average molecular weight is 312 g/mol.